The number of hydrogen-bond acceptors (Lipinski definition) is 1. The van der Waals surface area contributed by atoms with E-state index in [4.69, 9.17) is 0 Å². The van der Waals surface area contributed by atoms with Crippen LogP contribution < -0.4 is 5.32 Å². The molecule has 2 heteroatoms. The van der Waals surface area contributed by atoms with Crippen molar-refractivity contribution in [3.63, 3.8) is 0 Å². The molecule has 0 atom stereocenters. The Labute approximate surface area is 242 Å². The number of nitrogens with zero attached hydrogens (tertiary/aromatic N) is 1. The van der Waals surface area contributed by atoms with Gasteiger partial charge in [0.25, 0.3) is 0 Å². The normalized spacial score (nSPS) is 17.7. The van der Waals surface area contributed by atoms with Crippen LogP contribution in [0.5, 0.6) is 0 Å². The summed E-state index contributed by atoms with van der Waals surface area (Å²) in [4.78, 5) is 0. The van der Waals surface area contributed by atoms with Crippen LogP contribution in [0.2, 0.25) is 0 Å². The van der Waals surface area contributed by atoms with Crippen LogP contribution in [-0.2, 0) is 0 Å². The van der Waals surface area contributed by atoms with E-state index in [-0.39, 0.29) is 5.41 Å². The van der Waals surface area contributed by atoms with Crippen molar-refractivity contribution in [3.05, 3.63) is 143 Å². The number of para-hydroxylation sites is 2. The molecule has 0 saturated heterocycles. The molecule has 0 saturated carbocycles. The van der Waals surface area contributed by atoms with E-state index in [0.717, 1.165) is 18.5 Å². The van der Waals surface area contributed by atoms with Gasteiger partial charge in [0, 0.05) is 33.3 Å². The highest BCUT2D eigenvalue weighted by atomic mass is 15.0. The summed E-state index contributed by atoms with van der Waals surface area (Å²) in [6, 6.07) is 35.2. The average molecular weight is 531 g/mol. The van der Waals surface area contributed by atoms with Gasteiger partial charge in [-0.05, 0) is 96.0 Å². The molecule has 0 bridgehead atoms. The molecule has 0 aliphatic heterocycles. The molecule has 4 aromatic carbocycles. The molecule has 0 spiro atoms. The van der Waals surface area contributed by atoms with Gasteiger partial charge in [-0.3, -0.25) is 0 Å². The molecule has 8 rings (SSSR count). The van der Waals surface area contributed by atoms with Crippen molar-refractivity contribution in [1.82, 2.24) is 4.57 Å². The predicted molar refractivity (Wildman–Crippen MR) is 173 cm³/mol. The highest BCUT2D eigenvalue weighted by Crippen LogP contribution is 2.54. The topological polar surface area (TPSA) is 17.0 Å². The van der Waals surface area contributed by atoms with Gasteiger partial charge in [0.1, 0.15) is 0 Å². The second kappa shape index (κ2) is 9.24. The summed E-state index contributed by atoms with van der Waals surface area (Å²) in [5.41, 5.74) is 15.0. The van der Waals surface area contributed by atoms with E-state index in [0.29, 0.717) is 0 Å². The number of nitrogens with one attached hydrogen (secondary N) is 1. The van der Waals surface area contributed by atoms with E-state index >= 15 is 0 Å². The Bertz CT molecular complexity index is 1900. The molecule has 3 aliphatic carbocycles. The maximum absolute atomic E-state index is 3.74. The fraction of sp³-hybridized carbons (Fsp3) is 0.179. The number of aromatic nitrogens is 1. The summed E-state index contributed by atoms with van der Waals surface area (Å²) >= 11 is 0. The maximum atomic E-state index is 3.74. The maximum Gasteiger partial charge on any atom is 0.0541 e. The smallest absolute Gasteiger partial charge is 0.0541 e. The van der Waals surface area contributed by atoms with Crippen molar-refractivity contribution in [1.29, 1.82) is 0 Å². The highest BCUT2D eigenvalue weighted by molar-refractivity contribution is 6.09. The monoisotopic (exact) mass is 530 g/mol. The van der Waals surface area contributed by atoms with Crippen molar-refractivity contribution >= 4 is 27.5 Å². The van der Waals surface area contributed by atoms with Gasteiger partial charge in [0.05, 0.1) is 11.0 Å². The van der Waals surface area contributed by atoms with Crippen LogP contribution in [0.4, 0.5) is 5.69 Å². The molecule has 1 heterocycles. The molecule has 1 N–H and O–H groups in total. The Morgan fingerprint density at radius 2 is 1.32 bits per heavy atom. The molecule has 1 aromatic heterocycles. The van der Waals surface area contributed by atoms with Crippen molar-refractivity contribution in [2.24, 2.45) is 5.41 Å². The van der Waals surface area contributed by atoms with E-state index in [1.54, 1.807) is 11.1 Å². The summed E-state index contributed by atoms with van der Waals surface area (Å²) in [5, 5.41) is 6.32. The average Bonchev–Trinajstić information content (AvgIpc) is 3.47. The van der Waals surface area contributed by atoms with E-state index in [2.05, 4.69) is 139 Å². The van der Waals surface area contributed by atoms with Gasteiger partial charge < -0.3 is 9.88 Å². The Morgan fingerprint density at radius 1 is 0.683 bits per heavy atom. The van der Waals surface area contributed by atoms with Crippen LogP contribution in [0, 0.1) is 5.41 Å². The second-order valence-corrected chi connectivity index (χ2v) is 12.1. The summed E-state index contributed by atoms with van der Waals surface area (Å²) in [6.07, 6.45) is 11.7. The van der Waals surface area contributed by atoms with Crippen molar-refractivity contribution < 1.29 is 0 Å². The summed E-state index contributed by atoms with van der Waals surface area (Å²) in [6.45, 7) is 4.81. The SMILES string of the molecule is CC1(C)C2=C(CCC(Nc3ccc(-c4ccc(-n5c6ccccc6c6ccccc65)cc4)cc3)=C2)C2=C1CCC=C2. The zero-order valence-corrected chi connectivity index (χ0v) is 23.7. The number of benzene rings is 4. The van der Waals surface area contributed by atoms with Gasteiger partial charge in [-0.15, -0.1) is 0 Å². The summed E-state index contributed by atoms with van der Waals surface area (Å²) in [7, 11) is 0. The highest BCUT2D eigenvalue weighted by Gasteiger charge is 2.39. The van der Waals surface area contributed by atoms with Gasteiger partial charge in [-0.2, -0.15) is 0 Å². The Kier molecular flexibility index (Phi) is 5.47. The van der Waals surface area contributed by atoms with Crippen LogP contribution in [0.15, 0.2) is 143 Å². The quantitative estimate of drug-likeness (QED) is 0.244. The molecule has 5 aromatic rings. The van der Waals surface area contributed by atoms with E-state index in [1.165, 1.54) is 68.3 Å². The third-order valence-corrected chi connectivity index (χ3v) is 9.44. The van der Waals surface area contributed by atoms with Gasteiger partial charge in [0.15, 0.2) is 0 Å². The molecule has 41 heavy (non-hydrogen) atoms. The molecule has 0 fully saturated rings. The lowest BCUT2D eigenvalue weighted by atomic mass is 9.76. The first-order chi connectivity index (χ1) is 20.1. The van der Waals surface area contributed by atoms with Gasteiger partial charge in [0.2, 0.25) is 0 Å². The van der Waals surface area contributed by atoms with Gasteiger partial charge in [-0.1, -0.05) is 92.2 Å². The molecule has 0 unspecified atom stereocenters. The van der Waals surface area contributed by atoms with E-state index < -0.39 is 0 Å². The molecule has 3 aliphatic rings. The number of allylic oxidation sites excluding steroid dienone is 8. The first-order valence-electron chi connectivity index (χ1n) is 14.9. The van der Waals surface area contributed by atoms with Crippen LogP contribution in [0.1, 0.15) is 39.5 Å². The van der Waals surface area contributed by atoms with Crippen LogP contribution >= 0.6 is 0 Å². The van der Waals surface area contributed by atoms with Crippen LogP contribution in [0.3, 0.4) is 0 Å². The van der Waals surface area contributed by atoms with Crippen molar-refractivity contribution in [2.45, 2.75) is 39.5 Å². The fourth-order valence-electron chi connectivity index (χ4n) is 7.36. The zero-order valence-electron chi connectivity index (χ0n) is 23.7. The number of fused-ring (bicyclic) bond motifs is 4. The first kappa shape index (κ1) is 24.3. The molecule has 2 nitrogen and oxygen atoms in total. The first-order valence-corrected chi connectivity index (χ1v) is 14.9. The molecule has 0 radical (unpaired) electrons. The standard InChI is InChI=1S/C39H34N2/c1-39(2)35-12-6-3-9-31(35)32-24-21-29(25-36(32)39)40-28-19-15-26(16-20-28)27-17-22-30(23-18-27)41-37-13-7-4-10-33(37)34-11-5-8-14-38(34)41/h3-5,7-11,13-20,22-23,25,40H,6,12,21,24H2,1-2H3. The Balaban J connectivity index is 1.04. The van der Waals surface area contributed by atoms with Crippen molar-refractivity contribution in [3.8, 4) is 16.8 Å². The molecule has 0 amide bonds. The Hall–Kier alpha value is -4.56. The third-order valence-electron chi connectivity index (χ3n) is 9.44. The summed E-state index contributed by atoms with van der Waals surface area (Å²) < 4.78 is 2.37. The lowest BCUT2D eigenvalue weighted by molar-refractivity contribution is 0.532. The zero-order chi connectivity index (χ0) is 27.6. The number of rotatable bonds is 4. The molecule has 200 valence electrons. The second-order valence-electron chi connectivity index (χ2n) is 12.1. The third kappa shape index (κ3) is 3.85. The largest absolute Gasteiger partial charge is 0.359 e. The molecular weight excluding hydrogens is 496 g/mol. The van der Waals surface area contributed by atoms with Gasteiger partial charge >= 0.3 is 0 Å². The predicted octanol–water partition coefficient (Wildman–Crippen LogP) is 10.5. The lowest BCUT2D eigenvalue weighted by Crippen LogP contribution is -2.17. The number of hydrogen-bond donors (Lipinski definition) is 1. The minimum atomic E-state index is 0.137. The Morgan fingerprint density at radius 3 is 2.00 bits per heavy atom. The minimum absolute atomic E-state index is 0.137. The molecular formula is C39H34N2. The van der Waals surface area contributed by atoms with E-state index in [9.17, 15) is 0 Å². The van der Waals surface area contributed by atoms with Gasteiger partial charge in [-0.25, -0.2) is 0 Å². The fourth-order valence-corrected chi connectivity index (χ4v) is 7.36. The van der Waals surface area contributed by atoms with Crippen molar-refractivity contribution in [2.75, 3.05) is 5.32 Å². The number of anilines is 1. The van der Waals surface area contributed by atoms with E-state index in [1.807, 2.05) is 0 Å². The summed E-state index contributed by atoms with van der Waals surface area (Å²) in [5.74, 6) is 0. The minimum Gasteiger partial charge on any atom is -0.359 e. The van der Waals surface area contributed by atoms with Crippen LogP contribution in [0.25, 0.3) is 38.6 Å². The lowest BCUT2D eigenvalue weighted by Gasteiger charge is -2.28. The van der Waals surface area contributed by atoms with Crippen LogP contribution in [-0.4, -0.2) is 4.57 Å².